The predicted octanol–water partition coefficient (Wildman–Crippen LogP) is 1.01. The first-order valence-electron chi connectivity index (χ1n) is 9.78. The summed E-state index contributed by atoms with van der Waals surface area (Å²) in [6.45, 7) is 5.19. The highest BCUT2D eigenvalue weighted by Gasteiger charge is 2.38. The van der Waals surface area contributed by atoms with Crippen molar-refractivity contribution in [3.05, 3.63) is 36.4 Å². The second kappa shape index (κ2) is 7.70. The van der Waals surface area contributed by atoms with Gasteiger partial charge in [-0.3, -0.25) is 4.79 Å². The summed E-state index contributed by atoms with van der Waals surface area (Å²) < 4.78 is 10.8. The number of hydrogen-bond acceptors (Lipinski definition) is 3. The van der Waals surface area contributed by atoms with Crippen LogP contribution in [0.1, 0.15) is 12.8 Å². The summed E-state index contributed by atoms with van der Waals surface area (Å²) in [5.41, 5.74) is 0. The molecule has 0 radical (unpaired) electrons. The minimum absolute atomic E-state index is 0.0859. The molecule has 0 spiro atoms. The second-order valence-corrected chi connectivity index (χ2v) is 7.84. The van der Waals surface area contributed by atoms with Crippen LogP contribution in [-0.4, -0.2) is 57.2 Å². The third kappa shape index (κ3) is 3.88. The Morgan fingerprint density at radius 3 is 2.46 bits per heavy atom. The molecule has 1 amide bonds. The Hall–Kier alpha value is -2.01. The second-order valence-electron chi connectivity index (χ2n) is 7.84. The molecule has 1 N–H and O–H groups in total. The number of allylic oxidation sites excluding steroid dienone is 2. The van der Waals surface area contributed by atoms with Crippen molar-refractivity contribution in [1.29, 1.82) is 0 Å². The molecule has 3 atom stereocenters. The topological polar surface area (TPSA) is 43.2 Å². The first-order chi connectivity index (χ1) is 12.7. The van der Waals surface area contributed by atoms with Gasteiger partial charge in [-0.1, -0.05) is 12.2 Å². The van der Waals surface area contributed by atoms with Crippen molar-refractivity contribution in [3.8, 4) is 11.5 Å². The molecule has 5 nitrogen and oxygen atoms in total. The number of benzene rings is 1. The fraction of sp³-hybridized carbons (Fsp3) is 0.571. The molecule has 5 heteroatoms. The maximum atomic E-state index is 12.4. The molecule has 2 aliphatic carbocycles. The summed E-state index contributed by atoms with van der Waals surface area (Å²) in [4.78, 5) is 16.0. The zero-order valence-corrected chi connectivity index (χ0v) is 15.5. The number of nitrogens with zero attached hydrogens (tertiary/aromatic N) is 1. The first kappa shape index (κ1) is 17.4. The third-order valence-corrected chi connectivity index (χ3v) is 6.21. The van der Waals surface area contributed by atoms with E-state index in [0.717, 1.165) is 49.7 Å². The number of ether oxygens (including phenoxy) is 2. The van der Waals surface area contributed by atoms with E-state index in [1.54, 1.807) is 12.0 Å². The van der Waals surface area contributed by atoms with Crippen molar-refractivity contribution in [3.63, 3.8) is 0 Å². The highest BCUT2D eigenvalue weighted by molar-refractivity contribution is 5.77. The number of carbonyl (C=O) groups is 1. The molecular formula is C21H29N2O3+. The van der Waals surface area contributed by atoms with Crippen LogP contribution in [0.4, 0.5) is 0 Å². The molecule has 2 bridgehead atoms. The van der Waals surface area contributed by atoms with E-state index in [2.05, 4.69) is 12.2 Å². The molecule has 1 aliphatic heterocycles. The van der Waals surface area contributed by atoms with Crippen molar-refractivity contribution in [2.45, 2.75) is 12.8 Å². The molecule has 1 aromatic rings. The van der Waals surface area contributed by atoms with Crippen molar-refractivity contribution >= 4 is 5.91 Å². The highest BCUT2D eigenvalue weighted by Crippen LogP contribution is 2.42. The van der Waals surface area contributed by atoms with Gasteiger partial charge in [-0.2, -0.15) is 0 Å². The van der Waals surface area contributed by atoms with Crippen molar-refractivity contribution in [2.75, 3.05) is 46.4 Å². The number of nitrogens with one attached hydrogen (secondary N) is 1. The number of quaternary nitrogens is 1. The van der Waals surface area contributed by atoms with E-state index >= 15 is 0 Å². The van der Waals surface area contributed by atoms with E-state index in [0.29, 0.717) is 5.75 Å². The molecule has 1 saturated heterocycles. The average Bonchev–Trinajstić information content (AvgIpc) is 3.30. The van der Waals surface area contributed by atoms with Crippen LogP contribution >= 0.6 is 0 Å². The van der Waals surface area contributed by atoms with Crippen molar-refractivity contribution in [2.24, 2.45) is 17.8 Å². The fourth-order valence-corrected chi connectivity index (χ4v) is 4.68. The van der Waals surface area contributed by atoms with Crippen LogP contribution in [0.3, 0.4) is 0 Å². The Morgan fingerprint density at radius 1 is 1.12 bits per heavy atom. The Balaban J connectivity index is 1.19. The lowest BCUT2D eigenvalue weighted by atomic mass is 9.93. The number of fused-ring (bicyclic) bond motifs is 2. The van der Waals surface area contributed by atoms with E-state index in [4.69, 9.17) is 9.47 Å². The Morgan fingerprint density at radius 2 is 1.85 bits per heavy atom. The van der Waals surface area contributed by atoms with E-state index in [9.17, 15) is 4.79 Å². The van der Waals surface area contributed by atoms with Gasteiger partial charge in [0.25, 0.3) is 5.91 Å². The van der Waals surface area contributed by atoms with Gasteiger partial charge in [-0.15, -0.1) is 0 Å². The summed E-state index contributed by atoms with van der Waals surface area (Å²) in [7, 11) is 1.63. The molecule has 140 valence electrons. The van der Waals surface area contributed by atoms with Gasteiger partial charge >= 0.3 is 0 Å². The Bertz CT molecular complexity index is 650. The molecule has 0 aromatic heterocycles. The van der Waals surface area contributed by atoms with Gasteiger partial charge in [-0.25, -0.2) is 0 Å². The first-order valence-corrected chi connectivity index (χ1v) is 9.78. The van der Waals surface area contributed by atoms with Gasteiger partial charge in [0.05, 0.1) is 39.8 Å². The predicted molar refractivity (Wildman–Crippen MR) is 99.5 cm³/mol. The van der Waals surface area contributed by atoms with Crippen LogP contribution in [0.25, 0.3) is 0 Å². The molecule has 1 heterocycles. The lowest BCUT2D eigenvalue weighted by molar-refractivity contribution is -0.907. The normalized spacial score (nSPS) is 27.7. The minimum atomic E-state index is 0.0859. The number of piperazine rings is 1. The van der Waals surface area contributed by atoms with E-state index < -0.39 is 0 Å². The third-order valence-electron chi connectivity index (χ3n) is 6.21. The van der Waals surface area contributed by atoms with Gasteiger partial charge in [0.15, 0.2) is 6.61 Å². The van der Waals surface area contributed by atoms with Crippen LogP contribution in [-0.2, 0) is 4.79 Å². The largest absolute Gasteiger partial charge is 0.497 e. The lowest BCUT2D eigenvalue weighted by Gasteiger charge is -2.34. The van der Waals surface area contributed by atoms with Crippen LogP contribution < -0.4 is 14.4 Å². The summed E-state index contributed by atoms with van der Waals surface area (Å²) in [6, 6.07) is 7.34. The molecule has 3 aliphatic rings. The zero-order chi connectivity index (χ0) is 17.9. The maximum absolute atomic E-state index is 12.4. The maximum Gasteiger partial charge on any atom is 0.260 e. The average molecular weight is 357 g/mol. The number of hydrogen-bond donors (Lipinski definition) is 1. The van der Waals surface area contributed by atoms with Crippen LogP contribution in [0.5, 0.6) is 11.5 Å². The number of methoxy groups -OCH3 is 1. The Labute approximate surface area is 155 Å². The van der Waals surface area contributed by atoms with Gasteiger partial charge < -0.3 is 19.3 Å². The van der Waals surface area contributed by atoms with Crippen LogP contribution in [0.15, 0.2) is 36.4 Å². The minimum Gasteiger partial charge on any atom is -0.497 e. The van der Waals surface area contributed by atoms with Crippen LogP contribution in [0, 0.1) is 17.8 Å². The number of carbonyl (C=O) groups excluding carboxylic acids is 1. The highest BCUT2D eigenvalue weighted by atomic mass is 16.5. The van der Waals surface area contributed by atoms with Crippen LogP contribution in [0.2, 0.25) is 0 Å². The van der Waals surface area contributed by atoms with E-state index in [1.807, 2.05) is 29.2 Å². The zero-order valence-electron chi connectivity index (χ0n) is 15.5. The molecule has 1 saturated carbocycles. The molecular weight excluding hydrogens is 328 g/mol. The Kier molecular flexibility index (Phi) is 5.16. The lowest BCUT2D eigenvalue weighted by Crippen LogP contribution is -3.15. The summed E-state index contributed by atoms with van der Waals surface area (Å²) in [6.07, 6.45) is 7.61. The standard InChI is InChI=1S/C21H28N2O3/c1-25-19-4-6-20(7-5-19)26-15-21(24)23-10-8-22(9-11-23)14-18-13-16-2-3-17(18)12-16/h2-7,16-18H,8-15H2,1H3/p+1/t16-,17-,18-/m0/s1. The molecule has 1 aromatic carbocycles. The van der Waals surface area contributed by atoms with Gasteiger partial charge in [0.2, 0.25) is 0 Å². The summed E-state index contributed by atoms with van der Waals surface area (Å²) >= 11 is 0. The molecule has 26 heavy (non-hydrogen) atoms. The van der Waals surface area contributed by atoms with Gasteiger partial charge in [0, 0.05) is 5.92 Å². The van der Waals surface area contributed by atoms with Gasteiger partial charge in [-0.05, 0) is 48.9 Å². The van der Waals surface area contributed by atoms with Crippen molar-refractivity contribution < 1.29 is 19.2 Å². The monoisotopic (exact) mass is 357 g/mol. The fourth-order valence-electron chi connectivity index (χ4n) is 4.68. The SMILES string of the molecule is COc1ccc(OCC(=O)N2CC[NH+](C[C@@H]3C[C@H]4C=C[C@H]3C4)CC2)cc1. The smallest absolute Gasteiger partial charge is 0.260 e. The van der Waals surface area contributed by atoms with Gasteiger partial charge in [0.1, 0.15) is 11.5 Å². The summed E-state index contributed by atoms with van der Waals surface area (Å²) in [5, 5.41) is 0. The van der Waals surface area contributed by atoms with Crippen molar-refractivity contribution in [1.82, 2.24) is 4.90 Å². The number of rotatable bonds is 6. The molecule has 4 rings (SSSR count). The molecule has 2 fully saturated rings. The molecule has 0 unspecified atom stereocenters. The quantitative estimate of drug-likeness (QED) is 0.773. The van der Waals surface area contributed by atoms with E-state index in [-0.39, 0.29) is 12.5 Å². The number of amides is 1. The van der Waals surface area contributed by atoms with E-state index in [1.165, 1.54) is 19.4 Å². The summed E-state index contributed by atoms with van der Waals surface area (Å²) in [5.74, 6) is 4.11.